The molecule has 1 aromatic carbocycles. The molecular formula is C15H9ClF3N5. The van der Waals surface area contributed by atoms with E-state index in [-0.39, 0.29) is 21.9 Å². The van der Waals surface area contributed by atoms with E-state index >= 15 is 0 Å². The number of rotatable bonds is 1. The molecule has 4 rings (SSSR count). The number of hydrogen-bond acceptors (Lipinski definition) is 3. The van der Waals surface area contributed by atoms with Gasteiger partial charge in [-0.2, -0.15) is 18.3 Å². The molecule has 5 nitrogen and oxygen atoms in total. The van der Waals surface area contributed by atoms with Crippen molar-refractivity contribution < 1.29 is 13.2 Å². The second kappa shape index (κ2) is 4.94. The number of benzene rings is 1. The molecule has 0 spiro atoms. The highest BCUT2D eigenvalue weighted by Gasteiger charge is 2.38. The van der Waals surface area contributed by atoms with Crippen LogP contribution in [0.4, 0.5) is 13.2 Å². The molecule has 0 atom stereocenters. The van der Waals surface area contributed by atoms with E-state index in [0.29, 0.717) is 16.6 Å². The summed E-state index contributed by atoms with van der Waals surface area (Å²) in [5.74, 6) is -1.05. The number of aryl methyl sites for hydroxylation is 1. The Morgan fingerprint density at radius 1 is 1.17 bits per heavy atom. The predicted molar refractivity (Wildman–Crippen MR) is 83.3 cm³/mol. The summed E-state index contributed by atoms with van der Waals surface area (Å²) >= 11 is 6.16. The van der Waals surface area contributed by atoms with Gasteiger partial charge in [-0.3, -0.25) is 9.67 Å². The number of fused-ring (bicyclic) bond motifs is 2. The summed E-state index contributed by atoms with van der Waals surface area (Å²) in [4.78, 5) is 7.93. The lowest BCUT2D eigenvalue weighted by Gasteiger charge is -2.11. The maximum absolute atomic E-state index is 13.5. The fourth-order valence-corrected chi connectivity index (χ4v) is 2.88. The van der Waals surface area contributed by atoms with Crippen molar-refractivity contribution in [2.75, 3.05) is 0 Å². The SMILES string of the molecule is Cc1ccc2nc(C(F)(F)F)n(-c3cc(Cl)c4[nH]ncc4c3)c2n1. The van der Waals surface area contributed by atoms with Gasteiger partial charge in [-0.25, -0.2) is 9.97 Å². The number of aromatic amines is 1. The van der Waals surface area contributed by atoms with Gasteiger partial charge in [0, 0.05) is 11.1 Å². The lowest BCUT2D eigenvalue weighted by Crippen LogP contribution is -2.14. The van der Waals surface area contributed by atoms with Crippen LogP contribution in [-0.4, -0.2) is 24.7 Å². The summed E-state index contributed by atoms with van der Waals surface area (Å²) in [6.07, 6.45) is -3.14. The number of nitrogens with one attached hydrogen (secondary N) is 1. The highest BCUT2D eigenvalue weighted by Crippen LogP contribution is 2.35. The second-order valence-electron chi connectivity index (χ2n) is 5.33. The number of imidazole rings is 1. The Hall–Kier alpha value is -2.61. The maximum atomic E-state index is 13.5. The smallest absolute Gasteiger partial charge is 0.276 e. The first-order valence-electron chi connectivity index (χ1n) is 6.91. The van der Waals surface area contributed by atoms with Gasteiger partial charge in [0.25, 0.3) is 0 Å². The number of pyridine rings is 1. The molecule has 122 valence electrons. The molecule has 0 bridgehead atoms. The summed E-state index contributed by atoms with van der Waals surface area (Å²) < 4.78 is 41.4. The molecular weight excluding hydrogens is 343 g/mol. The van der Waals surface area contributed by atoms with E-state index in [1.165, 1.54) is 18.3 Å². The van der Waals surface area contributed by atoms with Gasteiger partial charge in [-0.05, 0) is 31.2 Å². The fraction of sp³-hybridized carbons (Fsp3) is 0.133. The lowest BCUT2D eigenvalue weighted by molar-refractivity contribution is -0.145. The van der Waals surface area contributed by atoms with Gasteiger partial charge in [-0.15, -0.1) is 0 Å². The second-order valence-corrected chi connectivity index (χ2v) is 5.73. The molecule has 0 aliphatic rings. The lowest BCUT2D eigenvalue weighted by atomic mass is 10.2. The Labute approximate surface area is 138 Å². The molecule has 3 heterocycles. The average molecular weight is 352 g/mol. The van der Waals surface area contributed by atoms with Gasteiger partial charge < -0.3 is 0 Å². The minimum absolute atomic E-state index is 0.126. The molecule has 0 aliphatic heterocycles. The summed E-state index contributed by atoms with van der Waals surface area (Å²) in [5, 5.41) is 7.43. The van der Waals surface area contributed by atoms with Gasteiger partial charge in [0.05, 0.1) is 22.4 Å². The Balaban J connectivity index is 2.11. The Bertz CT molecular complexity index is 1080. The van der Waals surface area contributed by atoms with E-state index in [2.05, 4.69) is 20.2 Å². The third-order valence-electron chi connectivity index (χ3n) is 3.64. The molecule has 0 aliphatic carbocycles. The number of alkyl halides is 3. The summed E-state index contributed by atoms with van der Waals surface area (Å²) in [7, 11) is 0. The van der Waals surface area contributed by atoms with Gasteiger partial charge in [0.15, 0.2) is 5.65 Å². The van der Waals surface area contributed by atoms with Gasteiger partial charge >= 0.3 is 6.18 Å². The summed E-state index contributed by atoms with van der Waals surface area (Å²) in [6.45, 7) is 1.70. The Morgan fingerprint density at radius 3 is 2.71 bits per heavy atom. The fourth-order valence-electron chi connectivity index (χ4n) is 2.61. The highest BCUT2D eigenvalue weighted by atomic mass is 35.5. The Kier molecular flexibility index (Phi) is 3.08. The zero-order valence-electron chi connectivity index (χ0n) is 12.2. The van der Waals surface area contributed by atoms with E-state index in [0.717, 1.165) is 4.57 Å². The van der Waals surface area contributed by atoms with Crippen LogP contribution in [0.15, 0.2) is 30.5 Å². The molecule has 0 unspecified atom stereocenters. The van der Waals surface area contributed by atoms with E-state index in [1.54, 1.807) is 19.1 Å². The summed E-state index contributed by atoms with van der Waals surface area (Å²) in [6, 6.07) is 6.13. The first kappa shape index (κ1) is 14.9. The molecule has 0 amide bonds. The van der Waals surface area contributed by atoms with Crippen molar-refractivity contribution in [3.05, 3.63) is 47.0 Å². The average Bonchev–Trinajstić information content (AvgIpc) is 3.10. The standard InChI is InChI=1S/C15H9ClF3N5/c1-7-2-3-11-13(21-7)24(14(22-11)15(17,18)19)9-4-8-6-20-23-12(8)10(16)5-9/h2-6H,1H3,(H,20,23). The molecule has 24 heavy (non-hydrogen) atoms. The molecule has 0 saturated heterocycles. The van der Waals surface area contributed by atoms with Crippen LogP contribution in [-0.2, 0) is 6.18 Å². The first-order chi connectivity index (χ1) is 11.3. The molecule has 9 heteroatoms. The number of nitrogens with zero attached hydrogens (tertiary/aromatic N) is 4. The van der Waals surface area contributed by atoms with Gasteiger partial charge in [0.2, 0.25) is 5.82 Å². The van der Waals surface area contributed by atoms with Crippen molar-refractivity contribution in [1.82, 2.24) is 24.7 Å². The molecule has 0 radical (unpaired) electrons. The van der Waals surface area contributed by atoms with Crippen molar-refractivity contribution in [3.63, 3.8) is 0 Å². The molecule has 1 N–H and O–H groups in total. The van der Waals surface area contributed by atoms with E-state index in [4.69, 9.17) is 11.6 Å². The van der Waals surface area contributed by atoms with Gasteiger partial charge in [-0.1, -0.05) is 11.6 Å². The van der Waals surface area contributed by atoms with Crippen LogP contribution in [0.2, 0.25) is 5.02 Å². The summed E-state index contributed by atoms with van der Waals surface area (Å²) in [5.41, 5.74) is 1.66. The van der Waals surface area contributed by atoms with Crippen LogP contribution in [0.1, 0.15) is 11.5 Å². The van der Waals surface area contributed by atoms with Crippen LogP contribution in [0, 0.1) is 6.92 Å². The van der Waals surface area contributed by atoms with Crippen molar-refractivity contribution in [2.24, 2.45) is 0 Å². The highest BCUT2D eigenvalue weighted by molar-refractivity contribution is 6.35. The van der Waals surface area contributed by atoms with Crippen molar-refractivity contribution in [2.45, 2.75) is 13.1 Å². The number of halogens is 4. The monoisotopic (exact) mass is 351 g/mol. The maximum Gasteiger partial charge on any atom is 0.450 e. The quantitative estimate of drug-likeness (QED) is 0.557. The molecule has 3 aromatic heterocycles. The van der Waals surface area contributed by atoms with Crippen molar-refractivity contribution in [1.29, 1.82) is 0 Å². The minimum atomic E-state index is -4.63. The van der Waals surface area contributed by atoms with Crippen molar-refractivity contribution in [3.8, 4) is 5.69 Å². The number of aromatic nitrogens is 5. The van der Waals surface area contributed by atoms with Crippen LogP contribution in [0.5, 0.6) is 0 Å². The third-order valence-corrected chi connectivity index (χ3v) is 3.94. The Morgan fingerprint density at radius 2 is 1.96 bits per heavy atom. The van der Waals surface area contributed by atoms with Crippen LogP contribution in [0.25, 0.3) is 27.8 Å². The minimum Gasteiger partial charge on any atom is -0.276 e. The van der Waals surface area contributed by atoms with E-state index < -0.39 is 12.0 Å². The number of H-pyrrole nitrogens is 1. The third kappa shape index (κ3) is 2.22. The molecule has 0 saturated carbocycles. The first-order valence-corrected chi connectivity index (χ1v) is 7.29. The van der Waals surface area contributed by atoms with Crippen LogP contribution < -0.4 is 0 Å². The topological polar surface area (TPSA) is 59.4 Å². The van der Waals surface area contributed by atoms with E-state index in [1.807, 2.05) is 0 Å². The van der Waals surface area contributed by atoms with Crippen LogP contribution in [0.3, 0.4) is 0 Å². The largest absolute Gasteiger partial charge is 0.450 e. The van der Waals surface area contributed by atoms with Crippen LogP contribution >= 0.6 is 11.6 Å². The zero-order valence-corrected chi connectivity index (χ0v) is 12.9. The van der Waals surface area contributed by atoms with E-state index in [9.17, 15) is 13.2 Å². The number of hydrogen-bond donors (Lipinski definition) is 1. The normalized spacial score (nSPS) is 12.4. The molecule has 4 aromatic rings. The zero-order chi connectivity index (χ0) is 17.1. The molecule has 0 fully saturated rings. The van der Waals surface area contributed by atoms with Gasteiger partial charge in [0.1, 0.15) is 5.52 Å². The predicted octanol–water partition coefficient (Wildman–Crippen LogP) is 4.28. The van der Waals surface area contributed by atoms with Crippen molar-refractivity contribution >= 4 is 33.7 Å².